The van der Waals surface area contributed by atoms with E-state index in [0.717, 1.165) is 11.1 Å². The molecule has 5 nitrogen and oxygen atoms in total. The fourth-order valence-electron chi connectivity index (χ4n) is 3.07. The van der Waals surface area contributed by atoms with Crippen molar-refractivity contribution >= 4 is 23.6 Å². The van der Waals surface area contributed by atoms with Crippen LogP contribution >= 0.6 is 11.6 Å². The van der Waals surface area contributed by atoms with Crippen molar-refractivity contribution in [3.63, 3.8) is 0 Å². The Morgan fingerprint density at radius 3 is 2.58 bits per heavy atom. The Bertz CT molecular complexity index is 767. The van der Waals surface area contributed by atoms with Crippen molar-refractivity contribution in [2.24, 2.45) is 0 Å². The molecule has 1 aliphatic heterocycles. The Balaban J connectivity index is 1.65. The van der Waals surface area contributed by atoms with Crippen molar-refractivity contribution in [3.05, 3.63) is 70.7 Å². The molecule has 0 saturated carbocycles. The van der Waals surface area contributed by atoms with Crippen LogP contribution in [0.25, 0.3) is 0 Å². The van der Waals surface area contributed by atoms with Gasteiger partial charge in [0, 0.05) is 30.5 Å². The third kappa shape index (κ3) is 4.55. The highest BCUT2D eigenvalue weighted by molar-refractivity contribution is 6.31. The monoisotopic (exact) mass is 372 g/mol. The van der Waals surface area contributed by atoms with Crippen LogP contribution in [0.15, 0.2) is 54.6 Å². The second kappa shape index (κ2) is 8.72. The smallest absolute Gasteiger partial charge is 0.409 e. The molecule has 0 aromatic heterocycles. The Kier molecular flexibility index (Phi) is 6.12. The Hall–Kier alpha value is -2.53. The number of cyclic esters (lactones) is 1. The maximum atomic E-state index is 12.5. The molecular formula is C20H21ClN2O3. The first-order chi connectivity index (χ1) is 12.6. The van der Waals surface area contributed by atoms with Crippen molar-refractivity contribution in [3.8, 4) is 0 Å². The third-order valence-corrected chi connectivity index (χ3v) is 4.77. The minimum atomic E-state index is -0.322. The predicted octanol–water partition coefficient (Wildman–Crippen LogP) is 3.43. The third-order valence-electron chi connectivity index (χ3n) is 4.42. The maximum Gasteiger partial charge on any atom is 0.409 e. The summed E-state index contributed by atoms with van der Waals surface area (Å²) in [5.41, 5.74) is 1.97. The first kappa shape index (κ1) is 18.3. The number of hydrogen-bond acceptors (Lipinski definition) is 3. The molecule has 26 heavy (non-hydrogen) atoms. The zero-order chi connectivity index (χ0) is 18.4. The van der Waals surface area contributed by atoms with E-state index in [1.165, 1.54) is 0 Å². The first-order valence-electron chi connectivity index (χ1n) is 8.63. The molecule has 1 aliphatic rings. The lowest BCUT2D eigenvalue weighted by atomic mass is 9.88. The zero-order valence-corrected chi connectivity index (χ0v) is 15.1. The number of nitrogens with zero attached hydrogens (tertiary/aromatic N) is 1. The summed E-state index contributed by atoms with van der Waals surface area (Å²) in [5, 5.41) is 3.54. The van der Waals surface area contributed by atoms with E-state index < -0.39 is 0 Å². The molecule has 0 radical (unpaired) electrons. The average molecular weight is 373 g/mol. The van der Waals surface area contributed by atoms with Crippen molar-refractivity contribution in [1.29, 1.82) is 0 Å². The number of halogens is 1. The van der Waals surface area contributed by atoms with Gasteiger partial charge in [-0.3, -0.25) is 4.79 Å². The molecule has 1 saturated heterocycles. The summed E-state index contributed by atoms with van der Waals surface area (Å²) in [7, 11) is 0. The van der Waals surface area contributed by atoms with Gasteiger partial charge >= 0.3 is 6.09 Å². The summed E-state index contributed by atoms with van der Waals surface area (Å²) in [6.45, 7) is 1.83. The summed E-state index contributed by atoms with van der Waals surface area (Å²) < 4.78 is 4.88. The number of amides is 2. The van der Waals surface area contributed by atoms with Crippen molar-refractivity contribution < 1.29 is 14.3 Å². The number of rotatable bonds is 7. The van der Waals surface area contributed by atoms with E-state index in [-0.39, 0.29) is 24.3 Å². The molecule has 1 N–H and O–H groups in total. The lowest BCUT2D eigenvalue weighted by molar-refractivity contribution is -0.121. The van der Waals surface area contributed by atoms with Crippen LogP contribution in [0.5, 0.6) is 0 Å². The van der Waals surface area contributed by atoms with Crippen LogP contribution in [-0.2, 0) is 9.53 Å². The molecule has 1 fully saturated rings. The lowest BCUT2D eigenvalue weighted by Gasteiger charge is -2.19. The second-order valence-electron chi connectivity index (χ2n) is 6.14. The molecule has 0 aliphatic carbocycles. The van der Waals surface area contributed by atoms with Gasteiger partial charge in [-0.2, -0.15) is 0 Å². The van der Waals surface area contributed by atoms with Gasteiger partial charge in [0.1, 0.15) is 6.61 Å². The van der Waals surface area contributed by atoms with Crippen LogP contribution in [-0.4, -0.2) is 43.1 Å². The van der Waals surface area contributed by atoms with E-state index in [1.807, 2.05) is 54.6 Å². The number of benzene rings is 2. The summed E-state index contributed by atoms with van der Waals surface area (Å²) in [5.74, 6) is -0.201. The van der Waals surface area contributed by atoms with Crippen LogP contribution in [0.4, 0.5) is 4.79 Å². The van der Waals surface area contributed by atoms with Gasteiger partial charge in [-0.15, -0.1) is 0 Å². The number of nitrogens with one attached hydrogen (secondary N) is 1. The van der Waals surface area contributed by atoms with Gasteiger partial charge in [0.25, 0.3) is 0 Å². The van der Waals surface area contributed by atoms with Gasteiger partial charge in [-0.05, 0) is 17.2 Å². The predicted molar refractivity (Wildman–Crippen MR) is 100 cm³/mol. The molecule has 1 heterocycles. The second-order valence-corrected chi connectivity index (χ2v) is 6.55. The molecular weight excluding hydrogens is 352 g/mol. The largest absolute Gasteiger partial charge is 0.448 e. The molecule has 0 spiro atoms. The average Bonchev–Trinajstić information content (AvgIpc) is 3.06. The molecule has 2 aromatic rings. The minimum absolute atomic E-state index is 0.0775. The molecule has 2 aromatic carbocycles. The Morgan fingerprint density at radius 1 is 1.15 bits per heavy atom. The molecule has 0 unspecified atom stereocenters. The summed E-state index contributed by atoms with van der Waals surface area (Å²) >= 11 is 6.37. The highest BCUT2D eigenvalue weighted by Crippen LogP contribution is 2.32. The van der Waals surface area contributed by atoms with Crippen molar-refractivity contribution in [2.45, 2.75) is 12.3 Å². The minimum Gasteiger partial charge on any atom is -0.448 e. The molecule has 2 amide bonds. The molecule has 6 heteroatoms. The van der Waals surface area contributed by atoms with Crippen LogP contribution < -0.4 is 5.32 Å². The summed E-state index contributed by atoms with van der Waals surface area (Å²) in [6, 6.07) is 17.5. The number of ether oxygens (including phenoxy) is 1. The quantitative estimate of drug-likeness (QED) is 0.810. The van der Waals surface area contributed by atoms with Gasteiger partial charge < -0.3 is 15.0 Å². The van der Waals surface area contributed by atoms with Crippen molar-refractivity contribution in [1.82, 2.24) is 10.2 Å². The standard InChI is InChI=1S/C20H21ClN2O3/c21-18-9-5-4-8-16(18)17(15-6-2-1-3-7-15)14-19(24)22-10-11-23-12-13-26-20(23)25/h1-9,17H,10-14H2,(H,22,24)/t17-/m0/s1. The molecule has 1 atom stereocenters. The van der Waals surface area contributed by atoms with Gasteiger partial charge in [-0.25, -0.2) is 4.79 Å². The molecule has 3 rings (SSSR count). The van der Waals surface area contributed by atoms with Crippen LogP contribution in [0, 0.1) is 0 Å². The number of carbonyl (C=O) groups excluding carboxylic acids is 2. The van der Waals surface area contributed by atoms with Gasteiger partial charge in [0.05, 0.1) is 6.54 Å². The van der Waals surface area contributed by atoms with Crippen LogP contribution in [0.3, 0.4) is 0 Å². The van der Waals surface area contributed by atoms with E-state index in [0.29, 0.717) is 31.3 Å². The van der Waals surface area contributed by atoms with E-state index in [1.54, 1.807) is 4.90 Å². The van der Waals surface area contributed by atoms with E-state index in [9.17, 15) is 9.59 Å². The van der Waals surface area contributed by atoms with E-state index >= 15 is 0 Å². The topological polar surface area (TPSA) is 58.6 Å². The van der Waals surface area contributed by atoms with Gasteiger partial charge in [0.15, 0.2) is 0 Å². The number of carbonyl (C=O) groups is 2. The van der Waals surface area contributed by atoms with Crippen LogP contribution in [0.1, 0.15) is 23.5 Å². The molecule has 0 bridgehead atoms. The van der Waals surface area contributed by atoms with Crippen molar-refractivity contribution in [2.75, 3.05) is 26.2 Å². The highest BCUT2D eigenvalue weighted by atomic mass is 35.5. The zero-order valence-electron chi connectivity index (χ0n) is 14.4. The van der Waals surface area contributed by atoms with Crippen LogP contribution in [0.2, 0.25) is 5.02 Å². The first-order valence-corrected chi connectivity index (χ1v) is 9.00. The van der Waals surface area contributed by atoms with Gasteiger partial charge in [0.2, 0.25) is 5.91 Å². The highest BCUT2D eigenvalue weighted by Gasteiger charge is 2.23. The fraction of sp³-hybridized carbons (Fsp3) is 0.300. The maximum absolute atomic E-state index is 12.5. The molecule has 136 valence electrons. The SMILES string of the molecule is O=C(C[C@@H](c1ccccc1)c1ccccc1Cl)NCCN1CCOC1=O. The normalized spacial score (nSPS) is 14.8. The fourth-order valence-corrected chi connectivity index (χ4v) is 3.33. The van der Waals surface area contributed by atoms with Gasteiger partial charge in [-0.1, -0.05) is 60.1 Å². The van der Waals surface area contributed by atoms with E-state index in [2.05, 4.69) is 5.32 Å². The number of hydrogen-bond donors (Lipinski definition) is 1. The summed E-state index contributed by atoms with van der Waals surface area (Å²) in [4.78, 5) is 25.5. The van der Waals surface area contributed by atoms with E-state index in [4.69, 9.17) is 16.3 Å². The Morgan fingerprint density at radius 2 is 1.88 bits per heavy atom. The lowest BCUT2D eigenvalue weighted by Crippen LogP contribution is -2.35. The summed E-state index contributed by atoms with van der Waals surface area (Å²) in [6.07, 6.45) is -0.0319. The Labute approximate surface area is 157 Å².